The Morgan fingerprint density at radius 2 is 1.82 bits per heavy atom. The molecular formula is C34H35ClFN3O5. The van der Waals surface area contributed by atoms with Crippen LogP contribution in [0.4, 0.5) is 9.18 Å². The molecule has 1 aliphatic heterocycles. The van der Waals surface area contributed by atoms with E-state index in [0.717, 1.165) is 27.6 Å². The van der Waals surface area contributed by atoms with Gasteiger partial charge in [0.25, 0.3) is 0 Å². The van der Waals surface area contributed by atoms with Gasteiger partial charge in [0.1, 0.15) is 23.0 Å². The average Bonchev–Trinajstić information content (AvgIpc) is 3.66. The third-order valence-electron chi connectivity index (χ3n) is 7.40. The van der Waals surface area contributed by atoms with Crippen LogP contribution < -0.4 is 10.6 Å². The van der Waals surface area contributed by atoms with Crippen LogP contribution in [0.25, 0.3) is 22.1 Å². The molecule has 2 heterocycles. The van der Waals surface area contributed by atoms with Crippen molar-refractivity contribution in [1.29, 1.82) is 0 Å². The molecule has 1 fully saturated rings. The van der Waals surface area contributed by atoms with Gasteiger partial charge < -0.3 is 24.7 Å². The smallest absolute Gasteiger partial charge is 0.407 e. The van der Waals surface area contributed by atoms with Crippen LogP contribution in [0.15, 0.2) is 71.3 Å². The lowest BCUT2D eigenvalue weighted by Gasteiger charge is -2.24. The second kappa shape index (κ2) is 13.1. The molecule has 44 heavy (non-hydrogen) atoms. The average molecular weight is 620 g/mol. The Kier molecular flexibility index (Phi) is 9.25. The van der Waals surface area contributed by atoms with Crippen molar-refractivity contribution in [1.82, 2.24) is 15.5 Å². The molecular weight excluding hydrogens is 585 g/mol. The van der Waals surface area contributed by atoms with E-state index in [0.29, 0.717) is 25.0 Å². The van der Waals surface area contributed by atoms with E-state index in [9.17, 15) is 18.8 Å². The van der Waals surface area contributed by atoms with Crippen LogP contribution >= 0.6 is 11.6 Å². The highest BCUT2D eigenvalue weighted by atomic mass is 35.5. The van der Waals surface area contributed by atoms with Gasteiger partial charge in [-0.2, -0.15) is 0 Å². The Morgan fingerprint density at radius 3 is 2.61 bits per heavy atom. The van der Waals surface area contributed by atoms with Gasteiger partial charge in [-0.3, -0.25) is 9.59 Å². The molecule has 8 nitrogen and oxygen atoms in total. The molecule has 1 saturated heterocycles. The van der Waals surface area contributed by atoms with Gasteiger partial charge in [-0.15, -0.1) is 0 Å². The number of ether oxygens (including phenoxy) is 1. The van der Waals surface area contributed by atoms with E-state index in [1.165, 1.54) is 6.07 Å². The number of halogens is 2. The van der Waals surface area contributed by atoms with Crippen molar-refractivity contribution in [3.8, 4) is 11.1 Å². The molecule has 0 bridgehead atoms. The quantitative estimate of drug-likeness (QED) is 0.227. The number of benzene rings is 3. The van der Waals surface area contributed by atoms with E-state index >= 15 is 0 Å². The third-order valence-corrected chi connectivity index (χ3v) is 7.69. The number of fused-ring (bicyclic) bond motifs is 1. The summed E-state index contributed by atoms with van der Waals surface area (Å²) in [5.41, 5.74) is 3.71. The number of nitrogens with zero attached hydrogens (tertiary/aromatic N) is 1. The second-order valence-corrected chi connectivity index (χ2v) is 12.3. The molecule has 5 rings (SSSR count). The highest BCUT2D eigenvalue weighted by molar-refractivity contribution is 6.30. The summed E-state index contributed by atoms with van der Waals surface area (Å²) in [4.78, 5) is 40.3. The Hall–Kier alpha value is -4.37. The van der Waals surface area contributed by atoms with Gasteiger partial charge in [0.05, 0.1) is 17.7 Å². The van der Waals surface area contributed by atoms with Crippen molar-refractivity contribution in [3.63, 3.8) is 0 Å². The molecule has 3 aromatic carbocycles. The van der Waals surface area contributed by atoms with Crippen molar-refractivity contribution in [2.45, 2.75) is 64.8 Å². The van der Waals surface area contributed by atoms with E-state index in [1.807, 2.05) is 63.2 Å². The maximum atomic E-state index is 14.3. The van der Waals surface area contributed by atoms with E-state index in [-0.39, 0.29) is 41.9 Å². The highest BCUT2D eigenvalue weighted by Gasteiger charge is 2.34. The van der Waals surface area contributed by atoms with Gasteiger partial charge in [-0.25, -0.2) is 9.18 Å². The number of likely N-dealkylation sites (tertiary alicyclic amines) is 1. The SMILES string of the molecule is CC(C)(C)OC(=O)NCc1cccc(-c2cc(CC(=O)N3CCC[C@H]3C(=O)NCc3cccc(Cl)c3F)cc3ccoc23)c1. The lowest BCUT2D eigenvalue weighted by molar-refractivity contribution is -0.138. The predicted octanol–water partition coefficient (Wildman–Crippen LogP) is 6.77. The number of hydrogen-bond acceptors (Lipinski definition) is 5. The highest BCUT2D eigenvalue weighted by Crippen LogP contribution is 2.32. The number of alkyl carbamates (subject to hydrolysis) is 1. The normalized spacial score (nSPS) is 14.9. The molecule has 0 aliphatic carbocycles. The summed E-state index contributed by atoms with van der Waals surface area (Å²) < 4.78 is 25.4. The summed E-state index contributed by atoms with van der Waals surface area (Å²) in [6, 6.07) is 17.4. The molecule has 2 N–H and O–H groups in total. The summed E-state index contributed by atoms with van der Waals surface area (Å²) in [6.07, 6.45) is 2.44. The number of carbonyl (C=O) groups is 3. The van der Waals surface area contributed by atoms with Gasteiger partial charge in [0.2, 0.25) is 11.8 Å². The maximum absolute atomic E-state index is 14.3. The fourth-order valence-corrected chi connectivity index (χ4v) is 5.59. The van der Waals surface area contributed by atoms with Gasteiger partial charge >= 0.3 is 6.09 Å². The maximum Gasteiger partial charge on any atom is 0.407 e. The van der Waals surface area contributed by atoms with Crippen LogP contribution in [0.5, 0.6) is 0 Å². The monoisotopic (exact) mass is 619 g/mol. The molecule has 0 unspecified atom stereocenters. The molecule has 230 valence electrons. The summed E-state index contributed by atoms with van der Waals surface area (Å²) in [7, 11) is 0. The fourth-order valence-electron chi connectivity index (χ4n) is 5.40. The van der Waals surface area contributed by atoms with Gasteiger partial charge in [-0.1, -0.05) is 41.9 Å². The second-order valence-electron chi connectivity index (χ2n) is 11.9. The Bertz CT molecular complexity index is 1700. The Labute approximate surface area is 260 Å². The molecule has 1 aliphatic rings. The first kappa shape index (κ1) is 31.1. The summed E-state index contributed by atoms with van der Waals surface area (Å²) in [6.45, 7) is 6.16. The fraction of sp³-hybridized carbons (Fsp3) is 0.324. The molecule has 0 radical (unpaired) electrons. The topological polar surface area (TPSA) is 101 Å². The van der Waals surface area contributed by atoms with Gasteiger partial charge in [-0.05, 0) is 80.6 Å². The zero-order chi connectivity index (χ0) is 31.4. The van der Waals surface area contributed by atoms with Crippen LogP contribution in [-0.4, -0.2) is 41.0 Å². The van der Waals surface area contributed by atoms with Gasteiger partial charge in [0, 0.05) is 36.1 Å². The zero-order valence-electron chi connectivity index (χ0n) is 24.9. The van der Waals surface area contributed by atoms with Gasteiger partial charge in [0.15, 0.2) is 0 Å². The van der Waals surface area contributed by atoms with Crippen molar-refractivity contribution in [3.05, 3.63) is 94.5 Å². The number of hydrogen-bond donors (Lipinski definition) is 2. The Morgan fingerprint density at radius 1 is 1.02 bits per heavy atom. The minimum absolute atomic E-state index is 0.00688. The summed E-state index contributed by atoms with van der Waals surface area (Å²) >= 11 is 5.86. The van der Waals surface area contributed by atoms with Crippen molar-refractivity contribution < 1.29 is 27.9 Å². The standard InChI is InChI=1S/C34H35ClFN3O5/c1-34(2,3)44-33(42)38-19-21-7-4-8-23(15-21)26-17-22(16-24-12-14-43-31(24)26)18-29(40)39-13-6-11-28(39)32(41)37-20-25-9-5-10-27(35)30(25)36/h4-5,7-10,12,14-17,28H,6,11,13,18-20H2,1-3H3,(H,37,41)(H,38,42)/t28-/m0/s1. The minimum atomic E-state index is -0.629. The number of carbonyl (C=O) groups excluding carboxylic acids is 3. The number of amides is 3. The van der Waals surface area contributed by atoms with Crippen LogP contribution in [0.3, 0.4) is 0 Å². The predicted molar refractivity (Wildman–Crippen MR) is 166 cm³/mol. The first-order valence-corrected chi connectivity index (χ1v) is 14.9. The molecule has 3 amide bonds. The van der Waals surface area contributed by atoms with E-state index in [2.05, 4.69) is 10.6 Å². The van der Waals surface area contributed by atoms with E-state index in [1.54, 1.807) is 23.3 Å². The van der Waals surface area contributed by atoms with Crippen LogP contribution in [0.2, 0.25) is 5.02 Å². The van der Waals surface area contributed by atoms with Crippen LogP contribution in [0.1, 0.15) is 50.3 Å². The third kappa shape index (κ3) is 7.39. The lowest BCUT2D eigenvalue weighted by atomic mass is 9.97. The number of rotatable bonds is 8. The summed E-state index contributed by atoms with van der Waals surface area (Å²) in [5.74, 6) is -1.05. The van der Waals surface area contributed by atoms with Crippen molar-refractivity contribution in [2.75, 3.05) is 6.54 Å². The molecule has 10 heteroatoms. The molecule has 1 atom stereocenters. The zero-order valence-corrected chi connectivity index (χ0v) is 25.7. The van der Waals surface area contributed by atoms with E-state index in [4.69, 9.17) is 20.8 Å². The van der Waals surface area contributed by atoms with Crippen molar-refractivity contribution >= 4 is 40.5 Å². The van der Waals surface area contributed by atoms with E-state index < -0.39 is 23.6 Å². The summed E-state index contributed by atoms with van der Waals surface area (Å²) in [5, 5.41) is 6.39. The molecule has 0 saturated carbocycles. The largest absolute Gasteiger partial charge is 0.464 e. The molecule has 1 aromatic heterocycles. The van der Waals surface area contributed by atoms with Crippen molar-refractivity contribution in [2.24, 2.45) is 0 Å². The molecule has 0 spiro atoms. The lowest BCUT2D eigenvalue weighted by Crippen LogP contribution is -2.46. The van der Waals surface area contributed by atoms with Crippen LogP contribution in [-0.2, 0) is 33.8 Å². The number of nitrogens with one attached hydrogen (secondary N) is 2. The van der Waals surface area contributed by atoms with Crippen LogP contribution in [0, 0.1) is 5.82 Å². The number of furan rings is 1. The Balaban J connectivity index is 1.29. The minimum Gasteiger partial charge on any atom is -0.464 e. The first-order valence-electron chi connectivity index (χ1n) is 14.5. The first-order chi connectivity index (χ1) is 21.0. The molecule has 4 aromatic rings.